The summed E-state index contributed by atoms with van der Waals surface area (Å²) in [5, 5.41) is 0. The van der Waals surface area contributed by atoms with Crippen molar-refractivity contribution in [2.45, 2.75) is 38.1 Å². The third-order valence-electron chi connectivity index (χ3n) is 3.61. The lowest BCUT2D eigenvalue weighted by molar-refractivity contribution is 0.256. The molecule has 0 bridgehead atoms. The van der Waals surface area contributed by atoms with E-state index in [1.54, 1.807) is 25.1 Å². The van der Waals surface area contributed by atoms with Gasteiger partial charge in [0.1, 0.15) is 4.90 Å². The Kier molecular flexibility index (Phi) is 5.98. The van der Waals surface area contributed by atoms with Gasteiger partial charge in [0.05, 0.1) is 5.69 Å². The van der Waals surface area contributed by atoms with E-state index >= 15 is 0 Å². The van der Waals surface area contributed by atoms with Crippen molar-refractivity contribution >= 4 is 15.7 Å². The zero-order valence-electron chi connectivity index (χ0n) is 12.7. The van der Waals surface area contributed by atoms with Crippen LogP contribution < -0.4 is 10.5 Å². The molecular weight excluding hydrogens is 274 g/mol. The lowest BCUT2D eigenvalue weighted by atomic mass is 10.2. The average Bonchev–Trinajstić information content (AvgIpc) is 2.36. The van der Waals surface area contributed by atoms with Crippen molar-refractivity contribution in [1.82, 2.24) is 9.62 Å². The second-order valence-electron chi connectivity index (χ2n) is 5.13. The molecule has 0 radical (unpaired) electrons. The highest BCUT2D eigenvalue weighted by Crippen LogP contribution is 2.21. The predicted octanol–water partition coefficient (Wildman–Crippen LogP) is 1.59. The third kappa shape index (κ3) is 4.19. The van der Waals surface area contributed by atoms with Gasteiger partial charge in [0.25, 0.3) is 0 Å². The molecule has 3 N–H and O–H groups in total. The van der Waals surface area contributed by atoms with Crippen LogP contribution in [0.1, 0.15) is 25.8 Å². The normalized spacial score (nSPS) is 13.7. The summed E-state index contributed by atoms with van der Waals surface area (Å²) in [5.41, 5.74) is 6.72. The number of benzene rings is 1. The molecular formula is C14H25N3O2S. The van der Waals surface area contributed by atoms with Gasteiger partial charge in [0, 0.05) is 19.1 Å². The van der Waals surface area contributed by atoms with Gasteiger partial charge in [0.15, 0.2) is 0 Å². The number of likely N-dealkylation sites (N-methyl/N-ethyl adjacent to an activating group) is 1. The van der Waals surface area contributed by atoms with E-state index in [1.165, 1.54) is 0 Å². The highest BCUT2D eigenvalue weighted by atomic mass is 32.2. The molecule has 0 amide bonds. The van der Waals surface area contributed by atoms with Crippen LogP contribution in [0.3, 0.4) is 0 Å². The van der Waals surface area contributed by atoms with E-state index in [4.69, 9.17) is 5.73 Å². The Morgan fingerprint density at radius 1 is 1.40 bits per heavy atom. The Morgan fingerprint density at radius 2 is 2.05 bits per heavy atom. The fourth-order valence-electron chi connectivity index (χ4n) is 2.00. The summed E-state index contributed by atoms with van der Waals surface area (Å²) in [5.74, 6) is 0. The Morgan fingerprint density at radius 3 is 2.60 bits per heavy atom. The topological polar surface area (TPSA) is 75.4 Å². The zero-order chi connectivity index (χ0) is 15.3. The molecule has 0 spiro atoms. The van der Waals surface area contributed by atoms with E-state index < -0.39 is 10.0 Å². The van der Waals surface area contributed by atoms with Gasteiger partial charge in [-0.15, -0.1) is 0 Å². The van der Waals surface area contributed by atoms with Gasteiger partial charge in [0.2, 0.25) is 10.0 Å². The van der Waals surface area contributed by atoms with E-state index in [0.717, 1.165) is 6.42 Å². The molecule has 1 aromatic carbocycles. The molecule has 1 atom stereocenters. The second kappa shape index (κ2) is 7.06. The molecule has 114 valence electrons. The molecule has 0 aliphatic carbocycles. The molecule has 0 fully saturated rings. The number of nitrogens with zero attached hydrogens (tertiary/aromatic N) is 1. The molecule has 0 saturated carbocycles. The number of hydrogen-bond acceptors (Lipinski definition) is 4. The fourth-order valence-corrected chi connectivity index (χ4v) is 3.38. The monoisotopic (exact) mass is 299 g/mol. The van der Waals surface area contributed by atoms with Gasteiger partial charge in [-0.3, -0.25) is 0 Å². The summed E-state index contributed by atoms with van der Waals surface area (Å²) >= 11 is 0. The minimum atomic E-state index is -3.55. The average molecular weight is 299 g/mol. The summed E-state index contributed by atoms with van der Waals surface area (Å²) in [7, 11) is -1.56. The number of nitrogens with one attached hydrogen (secondary N) is 1. The van der Waals surface area contributed by atoms with Gasteiger partial charge < -0.3 is 10.6 Å². The zero-order valence-corrected chi connectivity index (χ0v) is 13.5. The first-order valence-corrected chi connectivity index (χ1v) is 8.33. The maximum Gasteiger partial charge on any atom is 0.242 e. The Labute approximate surface area is 122 Å². The minimum absolute atomic E-state index is 0.186. The lowest BCUT2D eigenvalue weighted by Crippen LogP contribution is -2.37. The van der Waals surface area contributed by atoms with Crippen LogP contribution in [-0.2, 0) is 10.0 Å². The number of anilines is 1. The van der Waals surface area contributed by atoms with Crippen LogP contribution in [0.25, 0.3) is 0 Å². The first-order chi connectivity index (χ1) is 9.29. The van der Waals surface area contributed by atoms with E-state index in [1.807, 2.05) is 7.05 Å². The number of nitrogens with two attached hydrogens (primary N) is 1. The molecule has 0 heterocycles. The predicted molar refractivity (Wildman–Crippen MR) is 83.2 cm³/mol. The summed E-state index contributed by atoms with van der Waals surface area (Å²) in [4.78, 5) is 2.31. The minimum Gasteiger partial charge on any atom is -0.398 e. The summed E-state index contributed by atoms with van der Waals surface area (Å²) in [6, 6.07) is 5.53. The number of nitrogen functional groups attached to an aromatic ring is 1. The second-order valence-corrected chi connectivity index (χ2v) is 6.83. The van der Waals surface area contributed by atoms with Crippen molar-refractivity contribution in [1.29, 1.82) is 0 Å². The van der Waals surface area contributed by atoms with Gasteiger partial charge >= 0.3 is 0 Å². The van der Waals surface area contributed by atoms with Crippen LogP contribution >= 0.6 is 0 Å². The molecule has 0 aliphatic heterocycles. The van der Waals surface area contributed by atoms with Crippen molar-refractivity contribution in [3.8, 4) is 0 Å². The molecule has 0 saturated heterocycles. The van der Waals surface area contributed by atoms with Gasteiger partial charge in [-0.1, -0.05) is 19.1 Å². The van der Waals surface area contributed by atoms with Gasteiger partial charge in [-0.25, -0.2) is 13.1 Å². The molecule has 1 unspecified atom stereocenters. The standard InChI is InChI=1S/C14H25N3O2S/c1-5-12(3)17(4)10-9-16-20(18,19)14-11(2)7-6-8-13(14)15/h6-8,12,16H,5,9-10,15H2,1-4H3. The lowest BCUT2D eigenvalue weighted by Gasteiger charge is -2.23. The molecule has 0 aromatic heterocycles. The van der Waals surface area contributed by atoms with E-state index in [9.17, 15) is 8.42 Å². The van der Waals surface area contributed by atoms with Crippen molar-refractivity contribution < 1.29 is 8.42 Å². The molecule has 20 heavy (non-hydrogen) atoms. The Bertz CT molecular complexity index is 523. The molecule has 1 aromatic rings. The van der Waals surface area contributed by atoms with Crippen molar-refractivity contribution in [3.05, 3.63) is 23.8 Å². The molecule has 0 aliphatic rings. The quantitative estimate of drug-likeness (QED) is 0.750. The van der Waals surface area contributed by atoms with E-state index in [2.05, 4.69) is 23.5 Å². The van der Waals surface area contributed by atoms with Crippen LogP contribution in [0.2, 0.25) is 0 Å². The number of rotatable bonds is 7. The smallest absolute Gasteiger partial charge is 0.242 e. The summed E-state index contributed by atoms with van der Waals surface area (Å²) in [6.07, 6.45) is 1.04. The number of sulfonamides is 1. The highest BCUT2D eigenvalue weighted by molar-refractivity contribution is 7.89. The van der Waals surface area contributed by atoms with Gasteiger partial charge in [-0.2, -0.15) is 0 Å². The van der Waals surface area contributed by atoms with Crippen molar-refractivity contribution in [3.63, 3.8) is 0 Å². The van der Waals surface area contributed by atoms with Crippen LogP contribution in [0, 0.1) is 6.92 Å². The Balaban J connectivity index is 2.72. The van der Waals surface area contributed by atoms with Crippen LogP contribution in [-0.4, -0.2) is 39.5 Å². The Hall–Kier alpha value is -1.11. The fraction of sp³-hybridized carbons (Fsp3) is 0.571. The maximum atomic E-state index is 12.3. The molecule has 5 nitrogen and oxygen atoms in total. The van der Waals surface area contributed by atoms with Gasteiger partial charge in [-0.05, 0) is 38.9 Å². The molecule has 6 heteroatoms. The van der Waals surface area contributed by atoms with E-state index in [0.29, 0.717) is 24.7 Å². The summed E-state index contributed by atoms with van der Waals surface area (Å²) < 4.78 is 27.2. The van der Waals surface area contributed by atoms with Crippen LogP contribution in [0.15, 0.2) is 23.1 Å². The largest absolute Gasteiger partial charge is 0.398 e. The summed E-state index contributed by atoms with van der Waals surface area (Å²) in [6.45, 7) is 7.01. The third-order valence-corrected chi connectivity index (χ3v) is 5.29. The number of aryl methyl sites for hydroxylation is 1. The van der Waals surface area contributed by atoms with Crippen LogP contribution in [0.5, 0.6) is 0 Å². The van der Waals surface area contributed by atoms with Crippen molar-refractivity contribution in [2.75, 3.05) is 25.9 Å². The highest BCUT2D eigenvalue weighted by Gasteiger charge is 2.19. The SMILES string of the molecule is CCC(C)N(C)CCNS(=O)(=O)c1c(C)cccc1N. The first-order valence-electron chi connectivity index (χ1n) is 6.84. The molecule has 1 rings (SSSR count). The maximum absolute atomic E-state index is 12.3. The van der Waals surface area contributed by atoms with E-state index in [-0.39, 0.29) is 10.6 Å². The van der Waals surface area contributed by atoms with Crippen molar-refractivity contribution in [2.24, 2.45) is 0 Å². The number of hydrogen-bond donors (Lipinski definition) is 2. The van der Waals surface area contributed by atoms with Crippen LogP contribution in [0.4, 0.5) is 5.69 Å². The first kappa shape index (κ1) is 16.9.